The number of carboxylic acids is 1. The van der Waals surface area contributed by atoms with Crippen LogP contribution in [0.2, 0.25) is 0 Å². The molecule has 0 spiro atoms. The van der Waals surface area contributed by atoms with Gasteiger partial charge in [-0.3, -0.25) is 9.69 Å². The minimum atomic E-state index is -1.02. The summed E-state index contributed by atoms with van der Waals surface area (Å²) < 4.78 is 0. The van der Waals surface area contributed by atoms with Gasteiger partial charge in [0, 0.05) is 19.0 Å². The van der Waals surface area contributed by atoms with Crippen LogP contribution in [-0.4, -0.2) is 28.5 Å². The van der Waals surface area contributed by atoms with Crippen molar-refractivity contribution in [2.75, 3.05) is 11.4 Å². The molecule has 0 atom stereocenters. The number of aliphatic carboxylic acids is 1. The Kier molecular flexibility index (Phi) is 3.72. The molecule has 1 amide bonds. The molecule has 0 saturated carbocycles. The summed E-state index contributed by atoms with van der Waals surface area (Å²) in [4.78, 5) is 28.1. The van der Waals surface area contributed by atoms with E-state index < -0.39 is 5.97 Å². The Bertz CT molecular complexity index is 497. The van der Waals surface area contributed by atoms with Gasteiger partial charge in [-0.15, -0.1) is 0 Å². The minimum absolute atomic E-state index is 0.0770. The second-order valence-corrected chi connectivity index (χ2v) is 4.09. The number of piperidine rings is 1. The van der Waals surface area contributed by atoms with Gasteiger partial charge in [0.25, 0.3) is 0 Å². The summed E-state index contributed by atoms with van der Waals surface area (Å²) in [6.07, 6.45) is 4.90. The number of aromatic nitrogens is 1. The maximum atomic E-state index is 11.7. The first kappa shape index (κ1) is 12.3. The number of pyridine rings is 1. The SMILES string of the molecule is O=C(O)/C=C/c1cccc(N2CCCCC2=O)n1. The van der Waals surface area contributed by atoms with Crippen LogP contribution in [0.3, 0.4) is 0 Å². The summed E-state index contributed by atoms with van der Waals surface area (Å²) in [5, 5.41) is 8.56. The largest absolute Gasteiger partial charge is 0.478 e. The Morgan fingerprint density at radius 2 is 2.22 bits per heavy atom. The van der Waals surface area contributed by atoms with Crippen molar-refractivity contribution < 1.29 is 14.7 Å². The number of rotatable bonds is 3. The molecule has 1 aliphatic rings. The van der Waals surface area contributed by atoms with Crippen LogP contribution in [-0.2, 0) is 9.59 Å². The fraction of sp³-hybridized carbons (Fsp3) is 0.308. The normalized spacial score (nSPS) is 16.2. The number of amides is 1. The highest BCUT2D eigenvalue weighted by Gasteiger charge is 2.20. The Morgan fingerprint density at radius 1 is 1.39 bits per heavy atom. The highest BCUT2D eigenvalue weighted by Crippen LogP contribution is 2.19. The molecule has 1 aromatic heterocycles. The molecule has 1 saturated heterocycles. The average molecular weight is 246 g/mol. The molecule has 0 aromatic carbocycles. The highest BCUT2D eigenvalue weighted by atomic mass is 16.4. The van der Waals surface area contributed by atoms with Gasteiger partial charge in [0.1, 0.15) is 5.82 Å². The van der Waals surface area contributed by atoms with Gasteiger partial charge in [0.2, 0.25) is 5.91 Å². The first-order valence-corrected chi connectivity index (χ1v) is 5.85. The monoisotopic (exact) mass is 246 g/mol. The van der Waals surface area contributed by atoms with Crippen LogP contribution >= 0.6 is 0 Å². The van der Waals surface area contributed by atoms with E-state index in [2.05, 4.69) is 4.98 Å². The van der Waals surface area contributed by atoms with Gasteiger partial charge in [-0.05, 0) is 31.1 Å². The van der Waals surface area contributed by atoms with Crippen LogP contribution in [0.4, 0.5) is 5.82 Å². The van der Waals surface area contributed by atoms with Crippen LogP contribution in [0.25, 0.3) is 6.08 Å². The first-order chi connectivity index (χ1) is 8.66. The predicted octanol–water partition coefficient (Wildman–Crippen LogP) is 1.70. The van der Waals surface area contributed by atoms with Crippen LogP contribution in [0.15, 0.2) is 24.3 Å². The summed E-state index contributed by atoms with van der Waals surface area (Å²) in [5.41, 5.74) is 0.535. The lowest BCUT2D eigenvalue weighted by atomic mass is 10.1. The second kappa shape index (κ2) is 5.44. The van der Waals surface area contributed by atoms with E-state index in [4.69, 9.17) is 5.11 Å². The number of carbonyl (C=O) groups excluding carboxylic acids is 1. The number of carboxylic acid groups (broad SMARTS) is 1. The quantitative estimate of drug-likeness (QED) is 0.824. The zero-order valence-electron chi connectivity index (χ0n) is 9.87. The maximum Gasteiger partial charge on any atom is 0.328 e. The third-order valence-electron chi connectivity index (χ3n) is 2.75. The van der Waals surface area contributed by atoms with Crippen molar-refractivity contribution in [3.63, 3.8) is 0 Å². The molecule has 1 N–H and O–H groups in total. The Morgan fingerprint density at radius 3 is 2.94 bits per heavy atom. The third-order valence-corrected chi connectivity index (χ3v) is 2.75. The van der Waals surface area contributed by atoms with Crippen molar-refractivity contribution >= 4 is 23.8 Å². The van der Waals surface area contributed by atoms with E-state index in [-0.39, 0.29) is 5.91 Å². The number of hydrogen-bond donors (Lipinski definition) is 1. The fourth-order valence-electron chi connectivity index (χ4n) is 1.89. The lowest BCUT2D eigenvalue weighted by molar-refractivity contribution is -0.131. The highest BCUT2D eigenvalue weighted by molar-refractivity contribution is 5.93. The molecule has 1 fully saturated rings. The summed E-state index contributed by atoms with van der Waals surface area (Å²) in [6.45, 7) is 0.679. The zero-order chi connectivity index (χ0) is 13.0. The van der Waals surface area contributed by atoms with Crippen LogP contribution in [0, 0.1) is 0 Å². The van der Waals surface area contributed by atoms with Gasteiger partial charge in [-0.2, -0.15) is 0 Å². The van der Waals surface area contributed by atoms with Crippen molar-refractivity contribution in [2.45, 2.75) is 19.3 Å². The summed E-state index contributed by atoms with van der Waals surface area (Å²) in [6, 6.07) is 5.24. The molecule has 18 heavy (non-hydrogen) atoms. The second-order valence-electron chi connectivity index (χ2n) is 4.09. The van der Waals surface area contributed by atoms with Gasteiger partial charge in [0.15, 0.2) is 0 Å². The first-order valence-electron chi connectivity index (χ1n) is 5.85. The lowest BCUT2D eigenvalue weighted by Crippen LogP contribution is -2.35. The molecule has 1 aliphatic heterocycles. The molecule has 0 bridgehead atoms. The van der Waals surface area contributed by atoms with E-state index in [1.807, 2.05) is 0 Å². The molecule has 5 nitrogen and oxygen atoms in total. The van der Waals surface area contributed by atoms with E-state index in [1.165, 1.54) is 6.08 Å². The zero-order valence-corrected chi connectivity index (χ0v) is 9.87. The molecule has 0 aliphatic carbocycles. The van der Waals surface area contributed by atoms with Gasteiger partial charge in [0.05, 0.1) is 5.69 Å². The third kappa shape index (κ3) is 2.94. The number of hydrogen-bond acceptors (Lipinski definition) is 3. The number of carbonyl (C=O) groups is 2. The molecule has 2 rings (SSSR count). The van der Waals surface area contributed by atoms with Crippen LogP contribution in [0.5, 0.6) is 0 Å². The lowest BCUT2D eigenvalue weighted by Gasteiger charge is -2.25. The van der Waals surface area contributed by atoms with Gasteiger partial charge >= 0.3 is 5.97 Å². The van der Waals surface area contributed by atoms with E-state index in [0.717, 1.165) is 18.9 Å². The topological polar surface area (TPSA) is 70.5 Å². The molecule has 0 radical (unpaired) electrons. The standard InChI is InChI=1S/C13H14N2O3/c16-12-6-1-2-9-15(12)11-5-3-4-10(14-11)7-8-13(17)18/h3-5,7-8H,1-2,6,9H2,(H,17,18)/b8-7+. The van der Waals surface area contributed by atoms with Crippen molar-refractivity contribution in [3.05, 3.63) is 30.0 Å². The van der Waals surface area contributed by atoms with Crippen LogP contribution < -0.4 is 4.90 Å². The minimum Gasteiger partial charge on any atom is -0.478 e. The van der Waals surface area contributed by atoms with E-state index >= 15 is 0 Å². The molecule has 94 valence electrons. The van der Waals surface area contributed by atoms with Gasteiger partial charge in [-0.1, -0.05) is 6.07 Å². The van der Waals surface area contributed by atoms with Gasteiger partial charge < -0.3 is 5.11 Å². The van der Waals surface area contributed by atoms with Crippen molar-refractivity contribution in [2.24, 2.45) is 0 Å². The maximum absolute atomic E-state index is 11.7. The van der Waals surface area contributed by atoms with Crippen LogP contribution in [0.1, 0.15) is 25.0 Å². The molecule has 1 aromatic rings. The molecule has 5 heteroatoms. The van der Waals surface area contributed by atoms with E-state index in [1.54, 1.807) is 23.1 Å². The van der Waals surface area contributed by atoms with Crippen molar-refractivity contribution in [3.8, 4) is 0 Å². The van der Waals surface area contributed by atoms with Crippen molar-refractivity contribution in [1.29, 1.82) is 0 Å². The molecular formula is C13H14N2O3. The number of anilines is 1. The van der Waals surface area contributed by atoms with E-state index in [9.17, 15) is 9.59 Å². The summed E-state index contributed by atoms with van der Waals surface area (Å²) >= 11 is 0. The average Bonchev–Trinajstić information content (AvgIpc) is 2.37. The molecule has 0 unspecified atom stereocenters. The Hall–Kier alpha value is -2.17. The Balaban J connectivity index is 2.21. The van der Waals surface area contributed by atoms with Gasteiger partial charge in [-0.25, -0.2) is 9.78 Å². The van der Waals surface area contributed by atoms with Crippen molar-refractivity contribution in [1.82, 2.24) is 4.98 Å². The molecular weight excluding hydrogens is 232 g/mol. The number of nitrogens with zero attached hydrogens (tertiary/aromatic N) is 2. The smallest absolute Gasteiger partial charge is 0.328 e. The molecule has 2 heterocycles. The predicted molar refractivity (Wildman–Crippen MR) is 67.1 cm³/mol. The fourth-order valence-corrected chi connectivity index (χ4v) is 1.89. The summed E-state index contributed by atoms with van der Waals surface area (Å²) in [5.74, 6) is -0.350. The Labute approximate surface area is 105 Å². The summed E-state index contributed by atoms with van der Waals surface area (Å²) in [7, 11) is 0. The van der Waals surface area contributed by atoms with E-state index in [0.29, 0.717) is 24.5 Å².